The van der Waals surface area contributed by atoms with Crippen molar-refractivity contribution in [3.05, 3.63) is 34.9 Å². The zero-order chi connectivity index (χ0) is 11.6. The van der Waals surface area contributed by atoms with Gasteiger partial charge in [-0.2, -0.15) is 0 Å². The average Bonchev–Trinajstić information content (AvgIpc) is 2.70. The number of hydrogen-bond donors (Lipinski definition) is 1. The summed E-state index contributed by atoms with van der Waals surface area (Å²) in [5.74, 6) is 0.123. The van der Waals surface area contributed by atoms with Crippen molar-refractivity contribution >= 4 is 17.4 Å². The maximum atomic E-state index is 12.1. The van der Waals surface area contributed by atoms with E-state index in [1.54, 1.807) is 0 Å². The van der Waals surface area contributed by atoms with E-state index in [-0.39, 0.29) is 5.78 Å². The summed E-state index contributed by atoms with van der Waals surface area (Å²) < 4.78 is 0. The Morgan fingerprint density at radius 1 is 1.31 bits per heavy atom. The summed E-state index contributed by atoms with van der Waals surface area (Å²) in [6, 6.07) is 7.46. The minimum Gasteiger partial charge on any atom is -0.319 e. The lowest BCUT2D eigenvalue weighted by Crippen LogP contribution is -2.46. The molecule has 2 N–H and O–H groups in total. The lowest BCUT2D eigenvalue weighted by Gasteiger charge is -2.21. The standard InChI is InChI=1S/C13H16ClNO/c14-11-6-2-1-5-10(11)9-12(16)13(15)7-3-4-8-13/h1-2,5-6H,3-4,7-9,15H2. The first-order chi connectivity index (χ1) is 7.62. The SMILES string of the molecule is NC1(C(=O)Cc2ccccc2Cl)CCCC1. The zero-order valence-electron chi connectivity index (χ0n) is 9.21. The van der Waals surface area contributed by atoms with Gasteiger partial charge in [0.2, 0.25) is 0 Å². The minimum absolute atomic E-state index is 0.123. The lowest BCUT2D eigenvalue weighted by atomic mass is 9.89. The molecule has 0 bridgehead atoms. The van der Waals surface area contributed by atoms with Gasteiger partial charge in [-0.1, -0.05) is 42.6 Å². The number of benzene rings is 1. The number of rotatable bonds is 3. The van der Waals surface area contributed by atoms with E-state index in [0.717, 1.165) is 31.2 Å². The molecule has 1 fully saturated rings. The lowest BCUT2D eigenvalue weighted by molar-refractivity contribution is -0.123. The molecule has 0 radical (unpaired) electrons. The smallest absolute Gasteiger partial charge is 0.157 e. The summed E-state index contributed by atoms with van der Waals surface area (Å²) >= 11 is 6.03. The van der Waals surface area contributed by atoms with Crippen LogP contribution in [-0.4, -0.2) is 11.3 Å². The Morgan fingerprint density at radius 2 is 1.94 bits per heavy atom. The highest BCUT2D eigenvalue weighted by Gasteiger charge is 2.36. The molecule has 3 heteroatoms. The maximum absolute atomic E-state index is 12.1. The Morgan fingerprint density at radius 3 is 2.56 bits per heavy atom. The molecule has 0 unspecified atom stereocenters. The predicted octanol–water partition coefficient (Wildman–Crippen LogP) is 2.72. The van der Waals surface area contributed by atoms with Crippen LogP contribution in [0, 0.1) is 0 Å². The molecule has 1 aliphatic carbocycles. The van der Waals surface area contributed by atoms with Gasteiger partial charge in [0, 0.05) is 11.4 Å². The third-order valence-electron chi connectivity index (χ3n) is 3.36. The molecule has 2 rings (SSSR count). The van der Waals surface area contributed by atoms with E-state index in [9.17, 15) is 4.79 Å². The molecule has 0 spiro atoms. The van der Waals surface area contributed by atoms with Crippen LogP contribution in [0.3, 0.4) is 0 Å². The van der Waals surface area contributed by atoms with E-state index in [2.05, 4.69) is 0 Å². The maximum Gasteiger partial charge on any atom is 0.157 e. The first-order valence-electron chi connectivity index (χ1n) is 5.67. The van der Waals surface area contributed by atoms with Gasteiger partial charge in [0.25, 0.3) is 0 Å². The summed E-state index contributed by atoms with van der Waals surface area (Å²) in [4.78, 5) is 12.1. The summed E-state index contributed by atoms with van der Waals surface area (Å²) in [5, 5.41) is 0.650. The molecule has 1 aliphatic rings. The third kappa shape index (κ3) is 2.28. The van der Waals surface area contributed by atoms with Gasteiger partial charge in [-0.3, -0.25) is 4.79 Å². The van der Waals surface area contributed by atoms with Crippen molar-refractivity contribution in [1.82, 2.24) is 0 Å². The number of nitrogens with two attached hydrogens (primary N) is 1. The topological polar surface area (TPSA) is 43.1 Å². The molecule has 1 aromatic carbocycles. The number of Topliss-reactive ketones (excluding diaryl/α,β-unsaturated/α-hetero) is 1. The van der Waals surface area contributed by atoms with Crippen molar-refractivity contribution in [3.8, 4) is 0 Å². The van der Waals surface area contributed by atoms with Gasteiger partial charge in [-0.05, 0) is 24.5 Å². The molecule has 0 heterocycles. The number of carbonyl (C=O) groups is 1. The molecule has 0 saturated heterocycles. The van der Waals surface area contributed by atoms with Crippen molar-refractivity contribution in [2.75, 3.05) is 0 Å². The van der Waals surface area contributed by atoms with Crippen molar-refractivity contribution in [1.29, 1.82) is 0 Å². The second-order valence-corrected chi connectivity index (χ2v) is 4.96. The molecular weight excluding hydrogens is 222 g/mol. The van der Waals surface area contributed by atoms with E-state index < -0.39 is 5.54 Å². The fourth-order valence-corrected chi connectivity index (χ4v) is 2.48. The molecule has 1 saturated carbocycles. The van der Waals surface area contributed by atoms with Gasteiger partial charge in [-0.15, -0.1) is 0 Å². The van der Waals surface area contributed by atoms with Gasteiger partial charge in [0.15, 0.2) is 5.78 Å². The van der Waals surface area contributed by atoms with Crippen LogP contribution in [0.4, 0.5) is 0 Å². The Hall–Kier alpha value is -0.860. The molecule has 0 atom stereocenters. The van der Waals surface area contributed by atoms with E-state index >= 15 is 0 Å². The van der Waals surface area contributed by atoms with Crippen LogP contribution < -0.4 is 5.73 Å². The third-order valence-corrected chi connectivity index (χ3v) is 3.73. The Labute approximate surface area is 101 Å². The summed E-state index contributed by atoms with van der Waals surface area (Å²) in [7, 11) is 0. The van der Waals surface area contributed by atoms with Crippen molar-refractivity contribution in [3.63, 3.8) is 0 Å². The van der Waals surface area contributed by atoms with Gasteiger partial charge in [0.05, 0.1) is 5.54 Å². The Balaban J connectivity index is 2.10. The molecule has 16 heavy (non-hydrogen) atoms. The van der Waals surface area contributed by atoms with E-state index in [1.807, 2.05) is 24.3 Å². The largest absolute Gasteiger partial charge is 0.319 e. The number of halogens is 1. The van der Waals surface area contributed by atoms with Gasteiger partial charge < -0.3 is 5.73 Å². The van der Waals surface area contributed by atoms with Crippen LogP contribution in [-0.2, 0) is 11.2 Å². The molecule has 86 valence electrons. The van der Waals surface area contributed by atoms with Crippen molar-refractivity contribution < 1.29 is 4.79 Å². The normalized spacial score (nSPS) is 18.6. The Bertz CT molecular complexity index is 397. The monoisotopic (exact) mass is 237 g/mol. The van der Waals surface area contributed by atoms with Gasteiger partial charge in [0.1, 0.15) is 0 Å². The highest BCUT2D eigenvalue weighted by molar-refractivity contribution is 6.31. The number of hydrogen-bond acceptors (Lipinski definition) is 2. The second kappa shape index (κ2) is 4.56. The fourth-order valence-electron chi connectivity index (χ4n) is 2.28. The highest BCUT2D eigenvalue weighted by atomic mass is 35.5. The average molecular weight is 238 g/mol. The highest BCUT2D eigenvalue weighted by Crippen LogP contribution is 2.29. The predicted molar refractivity (Wildman–Crippen MR) is 65.5 cm³/mol. The molecule has 0 aromatic heterocycles. The quantitative estimate of drug-likeness (QED) is 0.879. The first-order valence-corrected chi connectivity index (χ1v) is 6.05. The second-order valence-electron chi connectivity index (χ2n) is 4.55. The van der Waals surface area contributed by atoms with Crippen LogP contribution in [0.1, 0.15) is 31.2 Å². The Kier molecular flexibility index (Phi) is 3.31. The van der Waals surface area contributed by atoms with Crippen LogP contribution >= 0.6 is 11.6 Å². The summed E-state index contributed by atoms with van der Waals surface area (Å²) in [5.41, 5.74) is 6.39. The van der Waals surface area contributed by atoms with Crippen LogP contribution in [0.15, 0.2) is 24.3 Å². The van der Waals surface area contributed by atoms with Crippen LogP contribution in [0.25, 0.3) is 0 Å². The molecule has 2 nitrogen and oxygen atoms in total. The minimum atomic E-state index is -0.598. The van der Waals surface area contributed by atoms with Crippen LogP contribution in [0.5, 0.6) is 0 Å². The van der Waals surface area contributed by atoms with Crippen LogP contribution in [0.2, 0.25) is 5.02 Å². The van der Waals surface area contributed by atoms with E-state index in [4.69, 9.17) is 17.3 Å². The van der Waals surface area contributed by atoms with Crippen molar-refractivity contribution in [2.45, 2.75) is 37.6 Å². The molecule has 0 aliphatic heterocycles. The van der Waals surface area contributed by atoms with Crippen molar-refractivity contribution in [2.24, 2.45) is 5.73 Å². The van der Waals surface area contributed by atoms with Gasteiger partial charge >= 0.3 is 0 Å². The van der Waals surface area contributed by atoms with Gasteiger partial charge in [-0.25, -0.2) is 0 Å². The summed E-state index contributed by atoms with van der Waals surface area (Å²) in [6.07, 6.45) is 4.11. The van der Waals surface area contributed by atoms with E-state index in [1.165, 1.54) is 0 Å². The number of ketones is 1. The molecule has 0 amide bonds. The molecular formula is C13H16ClNO. The summed E-state index contributed by atoms with van der Waals surface area (Å²) in [6.45, 7) is 0. The fraction of sp³-hybridized carbons (Fsp3) is 0.462. The first kappa shape index (κ1) is 11.6. The number of carbonyl (C=O) groups excluding carboxylic acids is 1. The zero-order valence-corrected chi connectivity index (χ0v) is 9.96. The molecule has 1 aromatic rings. The van der Waals surface area contributed by atoms with E-state index in [0.29, 0.717) is 11.4 Å².